The fourth-order valence-corrected chi connectivity index (χ4v) is 14.1. The van der Waals surface area contributed by atoms with Crippen molar-refractivity contribution in [1.82, 2.24) is 15.0 Å². The molecule has 4 heterocycles. The highest BCUT2D eigenvalue weighted by Crippen LogP contribution is 2.52. The number of hydrogen-bond donors (Lipinski definition) is 3. The van der Waals surface area contributed by atoms with Crippen LogP contribution in [0.5, 0.6) is 0 Å². The van der Waals surface area contributed by atoms with Crippen molar-refractivity contribution in [3.8, 4) is 33.8 Å². The summed E-state index contributed by atoms with van der Waals surface area (Å²) in [4.78, 5) is 27.2. The molecule has 14 rings (SSSR count). The van der Waals surface area contributed by atoms with E-state index in [0.717, 1.165) is 43.6 Å². The average Bonchev–Trinajstić information content (AvgIpc) is 1.70. The zero-order chi connectivity index (χ0) is 59.8. The van der Waals surface area contributed by atoms with Crippen LogP contribution in [0.2, 0.25) is 0 Å². The maximum Gasteiger partial charge on any atom is 0.166 e. The number of aliphatic imine (C=N–C) groups is 1. The van der Waals surface area contributed by atoms with Gasteiger partial charge in [0.1, 0.15) is 0 Å². The first-order chi connectivity index (χ1) is 40.7. The van der Waals surface area contributed by atoms with Gasteiger partial charge in [0, 0.05) is 71.4 Å². The number of carbonyl (C=O) groups is 1. The van der Waals surface area contributed by atoms with E-state index < -0.39 is 0 Å². The molecule has 2 aliphatic carbocycles. The van der Waals surface area contributed by atoms with Crippen LogP contribution >= 0.6 is 31.9 Å². The first-order valence-corrected chi connectivity index (χ1v) is 31.1. The standard InChI is InChI=1S/C39H35BrN2.C20H22BrN.C19H15NO/c1-22-18-26(39(4,5)6)19-23(2)34(22)38-31-20-27(40)16-17-28(31)33(42-38)21-32-24(3)35-36(25-12-8-7-9-13-25)29-14-10-11-15-30(29)37(35)41-32;1-12-8-15(20(3,4)5)9-13(2)18(12)19-17-10-16(21)7-6-14(17)11-22-19;1-12-16(11-21)20-19-15-10-6-5-9-14(15)18(17(12)19)13-7-3-2-4-8-13/h7-21,36,41H,1-6H3;6-11,22H,1-5H3;2-11,18,20H,1H3. The summed E-state index contributed by atoms with van der Waals surface area (Å²) in [5.74, 6) is 0.431. The summed E-state index contributed by atoms with van der Waals surface area (Å²) in [5.41, 5.74) is 33.2. The minimum atomic E-state index is 0.0965. The maximum atomic E-state index is 11.3. The summed E-state index contributed by atoms with van der Waals surface area (Å²) in [6.45, 7) is 26.8. The largest absolute Gasteiger partial charge is 0.360 e. The van der Waals surface area contributed by atoms with E-state index >= 15 is 0 Å². The molecule has 8 aromatic carbocycles. The van der Waals surface area contributed by atoms with Gasteiger partial charge in [0.05, 0.1) is 34.2 Å². The van der Waals surface area contributed by atoms with Gasteiger partial charge in [0.2, 0.25) is 0 Å². The lowest BCUT2D eigenvalue weighted by molar-refractivity contribution is 0.111. The van der Waals surface area contributed by atoms with E-state index in [-0.39, 0.29) is 22.7 Å². The molecule has 2 unspecified atom stereocenters. The third-order valence-corrected chi connectivity index (χ3v) is 18.7. The molecule has 0 bridgehead atoms. The molecule has 0 amide bonds. The normalized spacial score (nSPS) is 15.1. The molecule has 11 aromatic rings. The molecule has 0 saturated carbocycles. The van der Waals surface area contributed by atoms with Gasteiger partial charge in [-0.3, -0.25) is 4.79 Å². The summed E-state index contributed by atoms with van der Waals surface area (Å²) in [6.07, 6.45) is 5.26. The number of nitrogens with one attached hydrogen (secondary N) is 3. The Morgan fingerprint density at radius 3 is 1.45 bits per heavy atom. The molecule has 424 valence electrons. The van der Waals surface area contributed by atoms with E-state index in [9.17, 15) is 4.79 Å². The molecule has 0 spiro atoms. The SMILES string of the molecule is Cc1c(C=O)[nH]c2c1C(c1ccccc1)c1ccccc1-2.Cc1cc(C(C)(C)C)cc(C)c1-c1[nH]cc2ccc(Br)cc12.Cc1cc(C(C)(C)C)cc(C)c1C1=NC(=Cc2[nH]c3c(c2C)C(c2ccccc2)c2ccccc2-3)c2ccc(Br)cc21. The molecule has 0 fully saturated rings. The van der Waals surface area contributed by atoms with E-state index in [1.165, 1.54) is 128 Å². The van der Waals surface area contributed by atoms with E-state index in [1.54, 1.807) is 0 Å². The number of rotatable bonds is 6. The Kier molecular flexibility index (Phi) is 15.1. The molecule has 1 aliphatic heterocycles. The van der Waals surface area contributed by atoms with Gasteiger partial charge >= 0.3 is 0 Å². The smallest absolute Gasteiger partial charge is 0.166 e. The summed E-state index contributed by atoms with van der Waals surface area (Å²) >= 11 is 7.32. The van der Waals surface area contributed by atoms with Gasteiger partial charge in [-0.15, -0.1) is 0 Å². The number of fused-ring (bicyclic) bond motifs is 8. The quantitative estimate of drug-likeness (QED) is 0.143. The number of nitrogens with zero attached hydrogens (tertiary/aromatic N) is 1. The molecule has 5 nitrogen and oxygen atoms in total. The molecular weight excluding hydrogens is 1170 g/mol. The Bertz CT molecular complexity index is 4450. The summed E-state index contributed by atoms with van der Waals surface area (Å²) in [5, 5.41) is 2.51. The number of aldehydes is 1. The van der Waals surface area contributed by atoms with Crippen LogP contribution < -0.4 is 0 Å². The highest BCUT2D eigenvalue weighted by atomic mass is 79.9. The van der Waals surface area contributed by atoms with Gasteiger partial charge in [-0.1, -0.05) is 219 Å². The minimum absolute atomic E-state index is 0.0965. The predicted octanol–water partition coefficient (Wildman–Crippen LogP) is 21.3. The van der Waals surface area contributed by atoms with Gasteiger partial charge in [0.15, 0.2) is 6.29 Å². The van der Waals surface area contributed by atoms with Crippen LogP contribution in [0, 0.1) is 41.5 Å². The van der Waals surface area contributed by atoms with Crippen LogP contribution in [0.4, 0.5) is 0 Å². The van der Waals surface area contributed by atoms with Crippen molar-refractivity contribution in [1.29, 1.82) is 0 Å². The van der Waals surface area contributed by atoms with Gasteiger partial charge < -0.3 is 15.0 Å². The molecule has 3 aromatic heterocycles. The Balaban J connectivity index is 0.000000138. The number of aromatic amines is 3. The number of H-pyrrole nitrogens is 3. The van der Waals surface area contributed by atoms with Crippen LogP contribution in [0.25, 0.3) is 56.3 Å². The van der Waals surface area contributed by atoms with Crippen LogP contribution in [0.15, 0.2) is 190 Å². The Labute approximate surface area is 518 Å². The first-order valence-electron chi connectivity index (χ1n) is 29.5. The fraction of sp³-hybridized carbons (Fsp3) is 0.205. The van der Waals surface area contributed by atoms with Gasteiger partial charge in [-0.05, 0) is 166 Å². The molecule has 3 aliphatic rings. The molecule has 3 N–H and O–H groups in total. The molecule has 7 heteroatoms. The van der Waals surface area contributed by atoms with Crippen molar-refractivity contribution in [2.45, 2.75) is 106 Å². The van der Waals surface area contributed by atoms with Crippen molar-refractivity contribution in [2.75, 3.05) is 0 Å². The lowest BCUT2D eigenvalue weighted by atomic mass is 9.82. The number of halogens is 2. The van der Waals surface area contributed by atoms with E-state index in [2.05, 4.69) is 293 Å². The number of aromatic nitrogens is 3. The molecule has 85 heavy (non-hydrogen) atoms. The second kappa shape index (κ2) is 22.4. The second-order valence-electron chi connectivity index (χ2n) is 25.4. The van der Waals surface area contributed by atoms with E-state index in [1.807, 2.05) is 19.1 Å². The topological polar surface area (TPSA) is 76.8 Å². The van der Waals surface area contributed by atoms with E-state index in [4.69, 9.17) is 4.99 Å². The monoisotopic (exact) mass is 1240 g/mol. The van der Waals surface area contributed by atoms with Crippen molar-refractivity contribution in [3.63, 3.8) is 0 Å². The van der Waals surface area contributed by atoms with Crippen LogP contribution in [-0.4, -0.2) is 26.9 Å². The van der Waals surface area contributed by atoms with Crippen molar-refractivity contribution < 1.29 is 4.79 Å². The second-order valence-corrected chi connectivity index (χ2v) is 27.3. The lowest BCUT2D eigenvalue weighted by Gasteiger charge is -2.22. The first kappa shape index (κ1) is 57.3. The fourth-order valence-electron chi connectivity index (χ4n) is 13.4. The highest BCUT2D eigenvalue weighted by Gasteiger charge is 2.36. The highest BCUT2D eigenvalue weighted by molar-refractivity contribution is 9.10. The third-order valence-electron chi connectivity index (χ3n) is 17.7. The third kappa shape index (κ3) is 10.5. The minimum Gasteiger partial charge on any atom is -0.360 e. The summed E-state index contributed by atoms with van der Waals surface area (Å²) in [6, 6.07) is 60.9. The van der Waals surface area contributed by atoms with E-state index in [0.29, 0.717) is 5.69 Å². The number of benzene rings is 8. The van der Waals surface area contributed by atoms with Crippen molar-refractivity contribution >= 4 is 66.4 Å². The van der Waals surface area contributed by atoms with Crippen molar-refractivity contribution in [3.05, 3.63) is 291 Å². The van der Waals surface area contributed by atoms with Crippen LogP contribution in [-0.2, 0) is 10.8 Å². The maximum absolute atomic E-state index is 11.3. The number of carbonyl (C=O) groups excluding carboxylic acids is 1. The van der Waals surface area contributed by atoms with Crippen LogP contribution in [0.3, 0.4) is 0 Å². The Hall–Kier alpha value is -8.10. The summed E-state index contributed by atoms with van der Waals surface area (Å²) < 4.78 is 2.18. The van der Waals surface area contributed by atoms with Crippen molar-refractivity contribution in [2.24, 2.45) is 4.99 Å². The van der Waals surface area contributed by atoms with Gasteiger partial charge in [-0.25, -0.2) is 4.99 Å². The molecule has 2 atom stereocenters. The number of hydrogen-bond acceptors (Lipinski definition) is 2. The average molecular weight is 1240 g/mol. The zero-order valence-electron chi connectivity index (χ0n) is 50.7. The summed E-state index contributed by atoms with van der Waals surface area (Å²) in [7, 11) is 0. The lowest BCUT2D eigenvalue weighted by Crippen LogP contribution is -2.14. The van der Waals surface area contributed by atoms with Gasteiger partial charge in [0.25, 0.3) is 0 Å². The molecule has 0 radical (unpaired) electrons. The zero-order valence-corrected chi connectivity index (χ0v) is 53.8. The van der Waals surface area contributed by atoms with Gasteiger partial charge in [-0.2, -0.15) is 0 Å². The van der Waals surface area contributed by atoms with Crippen LogP contribution in [0.1, 0.15) is 164 Å². The predicted molar refractivity (Wildman–Crippen MR) is 364 cm³/mol. The Morgan fingerprint density at radius 2 is 0.929 bits per heavy atom. The molecular formula is C78H72Br2N4O. The number of aryl methyl sites for hydroxylation is 4. The molecule has 0 saturated heterocycles. The Morgan fingerprint density at radius 1 is 0.471 bits per heavy atom.